The van der Waals surface area contributed by atoms with Gasteiger partial charge in [-0.25, -0.2) is 0 Å². The van der Waals surface area contributed by atoms with Crippen LogP contribution in [-0.4, -0.2) is 101 Å². The molecule has 0 radical (unpaired) electrons. The number of carbonyl (C=O) groups is 6. The van der Waals surface area contributed by atoms with Gasteiger partial charge in [-0.1, -0.05) is 0 Å². The molecule has 9 N–H and O–H groups in total. The largest absolute Gasteiger partial charge is 0.481 e. The molecule has 0 aromatic rings. The van der Waals surface area contributed by atoms with Crippen LogP contribution in [0.4, 0.5) is 0 Å². The van der Waals surface area contributed by atoms with Crippen molar-refractivity contribution >= 4 is 35.8 Å². The molecular weight excluding hydrogens is 420 g/mol. The molecule has 0 spiro atoms. The first-order valence-corrected chi connectivity index (χ1v) is 7.89. The van der Waals surface area contributed by atoms with Crippen molar-refractivity contribution in [2.24, 2.45) is 0 Å². The van der Waals surface area contributed by atoms with Gasteiger partial charge in [0.25, 0.3) is 0 Å². The first kappa shape index (κ1) is 34.2. The second-order valence-corrected chi connectivity index (χ2v) is 4.88. The highest BCUT2D eigenvalue weighted by Gasteiger charge is 2.01. The zero-order chi connectivity index (χ0) is 24.7. The minimum absolute atomic E-state index is 0.296. The van der Waals surface area contributed by atoms with Crippen molar-refractivity contribution in [1.82, 2.24) is 0 Å². The lowest BCUT2D eigenvalue weighted by atomic mass is 10.3. The Bertz CT molecular complexity index is 416. The molecule has 0 unspecified atom stereocenters. The second-order valence-electron chi connectivity index (χ2n) is 4.88. The lowest BCUT2D eigenvalue weighted by Gasteiger charge is -1.96. The number of hydrogen-bond donors (Lipinski definition) is 9. The van der Waals surface area contributed by atoms with E-state index in [2.05, 4.69) is 0 Å². The molecule has 30 heavy (non-hydrogen) atoms. The lowest BCUT2D eigenvalue weighted by molar-refractivity contribution is -0.143. The summed E-state index contributed by atoms with van der Waals surface area (Å²) in [7, 11) is 0. The molecule has 176 valence electrons. The number of carboxylic acids is 6. The Balaban J connectivity index is -0.000000151. The summed E-state index contributed by atoms with van der Waals surface area (Å²) in [5, 5.41) is 71.4. The van der Waals surface area contributed by atoms with E-state index in [1.54, 1.807) is 0 Å². The van der Waals surface area contributed by atoms with Crippen molar-refractivity contribution in [2.75, 3.05) is 13.2 Å². The summed E-state index contributed by atoms with van der Waals surface area (Å²) in [4.78, 5) is 57.8. The minimum Gasteiger partial charge on any atom is -0.481 e. The summed E-state index contributed by atoms with van der Waals surface area (Å²) >= 11 is 0. The monoisotopic (exact) mass is 446 g/mol. The average Bonchev–Trinajstić information content (AvgIpc) is 2.64. The van der Waals surface area contributed by atoms with Crippen molar-refractivity contribution in [3.8, 4) is 0 Å². The van der Waals surface area contributed by atoms with Gasteiger partial charge in [0.15, 0.2) is 0 Å². The topological polar surface area (TPSA) is 284 Å². The summed E-state index contributed by atoms with van der Waals surface area (Å²) in [5.74, 6) is -6.46. The van der Waals surface area contributed by atoms with Crippen LogP contribution in [0.15, 0.2) is 0 Å². The van der Waals surface area contributed by atoms with Crippen LogP contribution in [-0.2, 0) is 28.8 Å². The zero-order valence-electron chi connectivity index (χ0n) is 15.7. The first-order chi connectivity index (χ1) is 13.7. The van der Waals surface area contributed by atoms with Crippen LogP contribution in [0.5, 0.6) is 0 Å². The van der Waals surface area contributed by atoms with Gasteiger partial charge < -0.3 is 46.0 Å². The predicted octanol–water partition coefficient (Wildman–Crippen LogP) is -1.86. The third kappa shape index (κ3) is 56.3. The van der Waals surface area contributed by atoms with Crippen LogP contribution in [0, 0.1) is 0 Å². The fourth-order valence-electron chi connectivity index (χ4n) is 0.699. The Labute approximate surface area is 169 Å². The Morgan fingerprint density at radius 2 is 0.567 bits per heavy atom. The molecule has 0 rings (SSSR count). The van der Waals surface area contributed by atoms with Crippen molar-refractivity contribution < 1.29 is 74.7 Å². The summed E-state index contributed by atoms with van der Waals surface area (Å²) < 4.78 is 0. The van der Waals surface area contributed by atoms with Gasteiger partial charge in [0.1, 0.15) is 6.10 Å². The Morgan fingerprint density at radius 1 is 0.433 bits per heavy atom. The lowest BCUT2D eigenvalue weighted by Crippen LogP contribution is -2.15. The summed E-state index contributed by atoms with van der Waals surface area (Å²) in [5.41, 5.74) is 0. The molecule has 0 atom stereocenters. The molecule has 0 aromatic carbocycles. The van der Waals surface area contributed by atoms with Crippen LogP contribution in [0.25, 0.3) is 0 Å². The van der Waals surface area contributed by atoms with E-state index >= 15 is 0 Å². The van der Waals surface area contributed by atoms with E-state index in [0.717, 1.165) is 0 Å². The maximum atomic E-state index is 9.64. The predicted molar refractivity (Wildman–Crippen MR) is 93.7 cm³/mol. The Hall–Kier alpha value is -3.30. The SMILES string of the molecule is O=C(O)CCC(=O)O.O=C(O)CCC(=O)O.O=C(O)CCC(=O)O.OCC(O)CO. The number of carboxylic acid groups (broad SMARTS) is 6. The third-order valence-electron chi connectivity index (χ3n) is 2.08. The number of aliphatic carboxylic acids is 6. The standard InChI is InChI=1S/3C4H6O4.C3H8O3/c3*5-3(6)1-2-4(7)8;4-1-3(6)2-5/h3*1-2H2,(H,5,6)(H,7,8);3-6H,1-2H2. The molecule has 0 aliphatic heterocycles. The van der Waals surface area contributed by atoms with Gasteiger partial charge in [0, 0.05) is 0 Å². The molecular formula is C15H26O15. The van der Waals surface area contributed by atoms with E-state index in [-0.39, 0.29) is 51.7 Å². The highest BCUT2D eigenvalue weighted by molar-refractivity contribution is 5.76. The number of rotatable bonds is 11. The molecule has 0 amide bonds. The molecule has 0 aromatic heterocycles. The van der Waals surface area contributed by atoms with Gasteiger partial charge in [-0.15, -0.1) is 0 Å². The first-order valence-electron chi connectivity index (χ1n) is 7.89. The number of aliphatic hydroxyl groups is 3. The van der Waals surface area contributed by atoms with Crippen LogP contribution >= 0.6 is 0 Å². The van der Waals surface area contributed by atoms with Gasteiger partial charge in [-0.3, -0.25) is 28.8 Å². The quantitative estimate of drug-likeness (QED) is 0.168. The molecule has 0 aliphatic rings. The van der Waals surface area contributed by atoms with Crippen molar-refractivity contribution in [2.45, 2.75) is 44.6 Å². The van der Waals surface area contributed by atoms with E-state index in [4.69, 9.17) is 46.0 Å². The molecule has 15 nitrogen and oxygen atoms in total. The van der Waals surface area contributed by atoms with E-state index < -0.39 is 41.9 Å². The van der Waals surface area contributed by atoms with Gasteiger partial charge >= 0.3 is 35.8 Å². The Kier molecular flexibility index (Phi) is 27.1. The van der Waals surface area contributed by atoms with Crippen molar-refractivity contribution in [3.05, 3.63) is 0 Å². The van der Waals surface area contributed by atoms with E-state index in [1.165, 1.54) is 0 Å². The molecule has 0 fully saturated rings. The van der Waals surface area contributed by atoms with Crippen LogP contribution in [0.2, 0.25) is 0 Å². The normalized spacial score (nSPS) is 8.80. The highest BCUT2D eigenvalue weighted by Crippen LogP contribution is 1.87. The van der Waals surface area contributed by atoms with Gasteiger partial charge in [-0.05, 0) is 0 Å². The van der Waals surface area contributed by atoms with Gasteiger partial charge in [-0.2, -0.15) is 0 Å². The van der Waals surface area contributed by atoms with Crippen LogP contribution < -0.4 is 0 Å². The number of hydrogen-bond acceptors (Lipinski definition) is 9. The van der Waals surface area contributed by atoms with Crippen molar-refractivity contribution in [1.29, 1.82) is 0 Å². The minimum atomic E-state index is -1.08. The Morgan fingerprint density at radius 3 is 0.600 bits per heavy atom. The summed E-state index contributed by atoms with van der Waals surface area (Å²) in [6, 6.07) is 0. The average molecular weight is 446 g/mol. The molecule has 0 bridgehead atoms. The second kappa shape index (κ2) is 23.7. The van der Waals surface area contributed by atoms with Crippen LogP contribution in [0.3, 0.4) is 0 Å². The highest BCUT2D eigenvalue weighted by atomic mass is 16.4. The van der Waals surface area contributed by atoms with E-state index in [1.807, 2.05) is 0 Å². The van der Waals surface area contributed by atoms with E-state index in [0.29, 0.717) is 0 Å². The summed E-state index contributed by atoms with van der Waals surface area (Å²) in [6.45, 7) is -0.729. The summed E-state index contributed by atoms with van der Waals surface area (Å²) in [6.07, 6.45) is -2.73. The maximum Gasteiger partial charge on any atom is 0.303 e. The van der Waals surface area contributed by atoms with Gasteiger partial charge in [0.05, 0.1) is 51.7 Å². The number of aliphatic hydroxyl groups excluding tert-OH is 3. The third-order valence-corrected chi connectivity index (χ3v) is 2.08. The molecule has 0 saturated heterocycles. The van der Waals surface area contributed by atoms with Crippen LogP contribution in [0.1, 0.15) is 38.5 Å². The molecule has 0 heterocycles. The molecule has 0 saturated carbocycles. The zero-order valence-corrected chi connectivity index (χ0v) is 15.7. The maximum absolute atomic E-state index is 9.64. The molecule has 0 aliphatic carbocycles. The fraction of sp³-hybridized carbons (Fsp3) is 0.600. The molecule has 15 heteroatoms. The fourth-order valence-corrected chi connectivity index (χ4v) is 0.699. The van der Waals surface area contributed by atoms with Gasteiger partial charge in [0.2, 0.25) is 0 Å². The smallest absolute Gasteiger partial charge is 0.303 e. The van der Waals surface area contributed by atoms with E-state index in [9.17, 15) is 28.8 Å². The van der Waals surface area contributed by atoms with Crippen molar-refractivity contribution in [3.63, 3.8) is 0 Å².